The Balaban J connectivity index is 3.05. The third-order valence-corrected chi connectivity index (χ3v) is 1.23. The van der Waals surface area contributed by atoms with Gasteiger partial charge in [0.25, 0.3) is 0 Å². The summed E-state index contributed by atoms with van der Waals surface area (Å²) in [5.74, 6) is -0.250. The van der Waals surface area contributed by atoms with E-state index in [1.54, 1.807) is 0 Å². The highest BCUT2D eigenvalue weighted by Gasteiger charge is 1.97. The van der Waals surface area contributed by atoms with Crippen LogP contribution in [0.1, 0.15) is 13.8 Å². The summed E-state index contributed by atoms with van der Waals surface area (Å²) in [5.41, 5.74) is 0. The van der Waals surface area contributed by atoms with E-state index in [4.69, 9.17) is 4.74 Å². The molecule has 0 aliphatic rings. The van der Waals surface area contributed by atoms with E-state index in [0.29, 0.717) is 13.2 Å². The van der Waals surface area contributed by atoms with Crippen molar-refractivity contribution in [3.63, 3.8) is 0 Å². The van der Waals surface area contributed by atoms with E-state index >= 15 is 0 Å². The van der Waals surface area contributed by atoms with Crippen LogP contribution in [-0.4, -0.2) is 38.9 Å². The minimum Gasteiger partial charge on any atom is -0.468 e. The molecule has 0 aromatic heterocycles. The standard InChI is InChI=1S/C8H17NO3/c1-7(2)12-5-4-9-6-8(10)11-3/h7,9H,4-6H2,1-3H3. The van der Waals surface area contributed by atoms with Crippen molar-refractivity contribution < 1.29 is 14.3 Å². The molecule has 0 rings (SSSR count). The normalized spacial score (nSPS) is 10.3. The second-order valence-electron chi connectivity index (χ2n) is 2.67. The Morgan fingerprint density at radius 3 is 2.67 bits per heavy atom. The van der Waals surface area contributed by atoms with Gasteiger partial charge in [0.1, 0.15) is 0 Å². The van der Waals surface area contributed by atoms with Crippen molar-refractivity contribution in [2.75, 3.05) is 26.8 Å². The number of carbonyl (C=O) groups excluding carboxylic acids is 1. The van der Waals surface area contributed by atoms with Crippen molar-refractivity contribution in [1.82, 2.24) is 5.32 Å². The number of carbonyl (C=O) groups is 1. The van der Waals surface area contributed by atoms with Gasteiger partial charge in [0.05, 0.1) is 26.4 Å². The number of esters is 1. The van der Waals surface area contributed by atoms with Crippen LogP contribution < -0.4 is 5.32 Å². The Kier molecular flexibility index (Phi) is 6.70. The van der Waals surface area contributed by atoms with Gasteiger partial charge in [-0.25, -0.2) is 0 Å². The van der Waals surface area contributed by atoms with E-state index in [1.165, 1.54) is 7.11 Å². The second-order valence-corrected chi connectivity index (χ2v) is 2.67. The van der Waals surface area contributed by atoms with Crippen molar-refractivity contribution in [3.8, 4) is 0 Å². The summed E-state index contributed by atoms with van der Waals surface area (Å²) in [6, 6.07) is 0. The van der Waals surface area contributed by atoms with Crippen LogP contribution in [0.25, 0.3) is 0 Å². The molecule has 4 nitrogen and oxygen atoms in total. The van der Waals surface area contributed by atoms with Crippen LogP contribution in [-0.2, 0) is 14.3 Å². The fourth-order valence-electron chi connectivity index (χ4n) is 0.629. The van der Waals surface area contributed by atoms with Crippen molar-refractivity contribution >= 4 is 5.97 Å². The predicted octanol–water partition coefficient (Wildman–Crippen LogP) is 0.174. The molecule has 72 valence electrons. The highest BCUT2D eigenvalue weighted by molar-refractivity contribution is 5.71. The molecule has 0 aliphatic carbocycles. The average molecular weight is 175 g/mol. The van der Waals surface area contributed by atoms with Crippen LogP contribution >= 0.6 is 0 Å². The fraction of sp³-hybridized carbons (Fsp3) is 0.875. The molecule has 0 aromatic carbocycles. The summed E-state index contributed by atoms with van der Waals surface area (Å²) in [4.78, 5) is 10.6. The van der Waals surface area contributed by atoms with Gasteiger partial charge >= 0.3 is 5.97 Å². The van der Waals surface area contributed by atoms with Gasteiger partial charge in [0, 0.05) is 6.54 Å². The number of ether oxygens (including phenoxy) is 2. The molecule has 0 spiro atoms. The first-order chi connectivity index (χ1) is 5.66. The van der Waals surface area contributed by atoms with Crippen molar-refractivity contribution in [1.29, 1.82) is 0 Å². The largest absolute Gasteiger partial charge is 0.468 e. The molecule has 0 heterocycles. The molecule has 0 aliphatic heterocycles. The minimum atomic E-state index is -0.250. The molecule has 1 N–H and O–H groups in total. The second kappa shape index (κ2) is 7.06. The third-order valence-electron chi connectivity index (χ3n) is 1.23. The summed E-state index contributed by atoms with van der Waals surface area (Å²) < 4.78 is 9.68. The van der Waals surface area contributed by atoms with Gasteiger partial charge in [-0.2, -0.15) is 0 Å². The van der Waals surface area contributed by atoms with Gasteiger partial charge in [-0.1, -0.05) is 0 Å². The van der Waals surface area contributed by atoms with Crippen molar-refractivity contribution in [3.05, 3.63) is 0 Å². The molecule has 12 heavy (non-hydrogen) atoms. The minimum absolute atomic E-state index is 0.241. The summed E-state index contributed by atoms with van der Waals surface area (Å²) in [7, 11) is 1.37. The Morgan fingerprint density at radius 1 is 1.50 bits per heavy atom. The summed E-state index contributed by atoms with van der Waals surface area (Å²) >= 11 is 0. The topological polar surface area (TPSA) is 47.6 Å². The van der Waals surface area contributed by atoms with E-state index in [9.17, 15) is 4.79 Å². The molecule has 0 atom stereocenters. The quantitative estimate of drug-likeness (QED) is 0.462. The first-order valence-electron chi connectivity index (χ1n) is 4.06. The monoisotopic (exact) mass is 175 g/mol. The van der Waals surface area contributed by atoms with E-state index in [-0.39, 0.29) is 18.6 Å². The van der Waals surface area contributed by atoms with Gasteiger partial charge in [0.15, 0.2) is 0 Å². The number of hydrogen-bond acceptors (Lipinski definition) is 4. The number of rotatable bonds is 6. The van der Waals surface area contributed by atoms with Crippen LogP contribution in [0.5, 0.6) is 0 Å². The Hall–Kier alpha value is -0.610. The van der Waals surface area contributed by atoms with Crippen LogP contribution in [0.2, 0.25) is 0 Å². The van der Waals surface area contributed by atoms with E-state index in [0.717, 1.165) is 0 Å². The molecular formula is C8H17NO3. The lowest BCUT2D eigenvalue weighted by Gasteiger charge is -2.07. The Bertz CT molecular complexity index is 125. The number of nitrogens with one attached hydrogen (secondary N) is 1. The first kappa shape index (κ1) is 11.4. The Labute approximate surface area is 73.2 Å². The van der Waals surface area contributed by atoms with Gasteiger partial charge < -0.3 is 14.8 Å². The molecule has 0 saturated carbocycles. The summed E-state index contributed by atoms with van der Waals surface area (Å²) in [6.45, 7) is 5.49. The maximum atomic E-state index is 10.6. The molecule has 4 heteroatoms. The lowest BCUT2D eigenvalue weighted by Crippen LogP contribution is -2.27. The summed E-state index contributed by atoms with van der Waals surface area (Å²) in [5, 5.41) is 2.89. The average Bonchev–Trinajstić information content (AvgIpc) is 2.03. The third kappa shape index (κ3) is 7.50. The molecular weight excluding hydrogens is 158 g/mol. The predicted molar refractivity (Wildman–Crippen MR) is 46.0 cm³/mol. The highest BCUT2D eigenvalue weighted by atomic mass is 16.5. The van der Waals surface area contributed by atoms with Gasteiger partial charge in [0.2, 0.25) is 0 Å². The summed E-state index contributed by atoms with van der Waals surface area (Å²) in [6.07, 6.45) is 0.241. The molecule has 0 aromatic rings. The van der Waals surface area contributed by atoms with Crippen molar-refractivity contribution in [2.45, 2.75) is 20.0 Å². The smallest absolute Gasteiger partial charge is 0.319 e. The molecule has 0 amide bonds. The van der Waals surface area contributed by atoms with Crippen LogP contribution in [0.15, 0.2) is 0 Å². The molecule has 0 saturated heterocycles. The number of methoxy groups -OCH3 is 1. The fourth-order valence-corrected chi connectivity index (χ4v) is 0.629. The van der Waals surface area contributed by atoms with Gasteiger partial charge in [-0.05, 0) is 13.8 Å². The number of hydrogen-bond donors (Lipinski definition) is 1. The first-order valence-corrected chi connectivity index (χ1v) is 4.06. The maximum absolute atomic E-state index is 10.6. The molecule has 0 unspecified atom stereocenters. The van der Waals surface area contributed by atoms with E-state index in [2.05, 4.69) is 10.1 Å². The lowest BCUT2D eigenvalue weighted by molar-refractivity contribution is -0.139. The molecule has 0 fully saturated rings. The maximum Gasteiger partial charge on any atom is 0.319 e. The zero-order valence-corrected chi connectivity index (χ0v) is 7.92. The van der Waals surface area contributed by atoms with Gasteiger partial charge in [-0.3, -0.25) is 4.79 Å². The zero-order valence-electron chi connectivity index (χ0n) is 7.92. The van der Waals surface area contributed by atoms with E-state index in [1.807, 2.05) is 13.8 Å². The highest BCUT2D eigenvalue weighted by Crippen LogP contribution is 1.84. The van der Waals surface area contributed by atoms with Crippen LogP contribution in [0.4, 0.5) is 0 Å². The van der Waals surface area contributed by atoms with Crippen LogP contribution in [0, 0.1) is 0 Å². The zero-order chi connectivity index (χ0) is 9.40. The van der Waals surface area contributed by atoms with E-state index < -0.39 is 0 Å². The van der Waals surface area contributed by atoms with Gasteiger partial charge in [-0.15, -0.1) is 0 Å². The molecule has 0 radical (unpaired) electrons. The Morgan fingerprint density at radius 2 is 2.17 bits per heavy atom. The molecule has 0 bridgehead atoms. The van der Waals surface area contributed by atoms with Crippen LogP contribution in [0.3, 0.4) is 0 Å². The lowest BCUT2D eigenvalue weighted by atomic mass is 10.5. The SMILES string of the molecule is COC(=O)CNCCOC(C)C. The van der Waals surface area contributed by atoms with Crippen molar-refractivity contribution in [2.24, 2.45) is 0 Å².